The Labute approximate surface area is 116 Å². The van der Waals surface area contributed by atoms with Gasteiger partial charge in [-0.2, -0.15) is 5.26 Å². The molecule has 1 aromatic carbocycles. The molecule has 0 unspecified atom stereocenters. The van der Waals surface area contributed by atoms with Gasteiger partial charge in [0.25, 0.3) is 0 Å². The van der Waals surface area contributed by atoms with Gasteiger partial charge in [0.2, 0.25) is 0 Å². The van der Waals surface area contributed by atoms with Crippen molar-refractivity contribution in [3.63, 3.8) is 0 Å². The Kier molecular flexibility index (Phi) is 2.84. The van der Waals surface area contributed by atoms with Crippen LogP contribution >= 0.6 is 0 Å². The van der Waals surface area contributed by atoms with Gasteiger partial charge in [-0.15, -0.1) is 5.10 Å². The van der Waals surface area contributed by atoms with Crippen LogP contribution in [0.15, 0.2) is 41.0 Å². The zero-order chi connectivity index (χ0) is 14.1. The monoisotopic (exact) mass is 264 g/mol. The average Bonchev–Trinajstić information content (AvgIpc) is 3.09. The molecule has 0 N–H and O–H groups in total. The molecule has 0 atom stereocenters. The highest BCUT2D eigenvalue weighted by atomic mass is 16.3. The second-order valence-electron chi connectivity index (χ2n) is 4.56. The fraction of sp³-hybridized carbons (Fsp3) is 0.133. The number of nitrogens with zero attached hydrogens (tertiary/aromatic N) is 4. The Morgan fingerprint density at radius 1 is 1.20 bits per heavy atom. The Bertz CT molecular complexity index is 794. The number of aryl methyl sites for hydroxylation is 2. The lowest BCUT2D eigenvalue weighted by molar-refractivity contribution is 0.576. The van der Waals surface area contributed by atoms with Crippen molar-refractivity contribution < 1.29 is 4.42 Å². The third-order valence-electron chi connectivity index (χ3n) is 3.27. The summed E-state index contributed by atoms with van der Waals surface area (Å²) >= 11 is 0. The molecular formula is C15H12N4O. The van der Waals surface area contributed by atoms with Crippen molar-refractivity contribution in [2.45, 2.75) is 13.8 Å². The molecule has 0 aliphatic heterocycles. The predicted molar refractivity (Wildman–Crippen MR) is 73.3 cm³/mol. The Morgan fingerprint density at radius 3 is 2.70 bits per heavy atom. The van der Waals surface area contributed by atoms with E-state index in [1.807, 2.05) is 31.2 Å². The first kappa shape index (κ1) is 12.2. The van der Waals surface area contributed by atoms with Gasteiger partial charge in [-0.3, -0.25) is 0 Å². The van der Waals surface area contributed by atoms with E-state index in [0.717, 1.165) is 11.3 Å². The fourth-order valence-corrected chi connectivity index (χ4v) is 2.03. The van der Waals surface area contributed by atoms with Gasteiger partial charge >= 0.3 is 0 Å². The highest BCUT2D eigenvalue weighted by molar-refractivity contribution is 5.62. The summed E-state index contributed by atoms with van der Waals surface area (Å²) in [6, 6.07) is 11.6. The van der Waals surface area contributed by atoms with Crippen LogP contribution in [0, 0.1) is 25.2 Å². The zero-order valence-corrected chi connectivity index (χ0v) is 11.2. The maximum Gasteiger partial charge on any atom is 0.194 e. The van der Waals surface area contributed by atoms with Gasteiger partial charge in [-0.05, 0) is 49.2 Å². The SMILES string of the molecule is Cc1ccc(-n2nnc(C#N)c2-c2ccco2)cc1C. The number of hydrogen-bond acceptors (Lipinski definition) is 4. The maximum atomic E-state index is 9.17. The van der Waals surface area contributed by atoms with E-state index in [9.17, 15) is 0 Å². The van der Waals surface area contributed by atoms with Crippen LogP contribution in [-0.2, 0) is 0 Å². The van der Waals surface area contributed by atoms with Crippen LogP contribution in [0.3, 0.4) is 0 Å². The van der Waals surface area contributed by atoms with Crippen molar-refractivity contribution in [1.82, 2.24) is 15.0 Å². The molecule has 0 amide bonds. The minimum absolute atomic E-state index is 0.248. The molecule has 0 fully saturated rings. The van der Waals surface area contributed by atoms with Crippen LogP contribution in [0.5, 0.6) is 0 Å². The summed E-state index contributed by atoms with van der Waals surface area (Å²) in [6.07, 6.45) is 1.56. The van der Waals surface area contributed by atoms with Gasteiger partial charge in [-0.1, -0.05) is 11.3 Å². The van der Waals surface area contributed by atoms with E-state index in [1.165, 1.54) is 5.56 Å². The molecule has 0 saturated heterocycles. The molecule has 0 bridgehead atoms. The van der Waals surface area contributed by atoms with Crippen molar-refractivity contribution in [3.8, 4) is 23.2 Å². The van der Waals surface area contributed by atoms with E-state index in [-0.39, 0.29) is 5.69 Å². The van der Waals surface area contributed by atoms with Gasteiger partial charge in [0.05, 0.1) is 12.0 Å². The van der Waals surface area contributed by atoms with Crippen LogP contribution in [-0.4, -0.2) is 15.0 Å². The van der Waals surface area contributed by atoms with E-state index in [1.54, 1.807) is 23.1 Å². The predicted octanol–water partition coefficient (Wildman–Crippen LogP) is 3.02. The van der Waals surface area contributed by atoms with Crippen molar-refractivity contribution in [2.75, 3.05) is 0 Å². The molecule has 0 aliphatic rings. The summed E-state index contributed by atoms with van der Waals surface area (Å²) < 4.78 is 7.01. The third kappa shape index (κ3) is 1.88. The Morgan fingerprint density at radius 2 is 2.05 bits per heavy atom. The molecule has 0 spiro atoms. The number of nitriles is 1. The molecule has 98 valence electrons. The highest BCUT2D eigenvalue weighted by Gasteiger charge is 2.18. The van der Waals surface area contributed by atoms with Gasteiger partial charge in [0.1, 0.15) is 11.8 Å². The lowest BCUT2D eigenvalue weighted by Gasteiger charge is -2.07. The highest BCUT2D eigenvalue weighted by Crippen LogP contribution is 2.26. The largest absolute Gasteiger partial charge is 0.463 e. The molecule has 2 heterocycles. The van der Waals surface area contributed by atoms with Crippen molar-refractivity contribution >= 4 is 0 Å². The first-order valence-corrected chi connectivity index (χ1v) is 6.18. The first-order valence-electron chi connectivity index (χ1n) is 6.18. The van der Waals surface area contributed by atoms with Crippen LogP contribution in [0.2, 0.25) is 0 Å². The number of benzene rings is 1. The lowest BCUT2D eigenvalue weighted by atomic mass is 10.1. The van der Waals surface area contributed by atoms with Gasteiger partial charge in [-0.25, -0.2) is 4.68 Å². The van der Waals surface area contributed by atoms with Gasteiger partial charge in [0.15, 0.2) is 11.5 Å². The van der Waals surface area contributed by atoms with Crippen molar-refractivity contribution in [1.29, 1.82) is 5.26 Å². The lowest BCUT2D eigenvalue weighted by Crippen LogP contribution is -2.00. The molecule has 0 radical (unpaired) electrons. The van der Waals surface area contributed by atoms with Gasteiger partial charge in [0, 0.05) is 0 Å². The van der Waals surface area contributed by atoms with E-state index in [0.29, 0.717) is 11.5 Å². The van der Waals surface area contributed by atoms with Gasteiger partial charge < -0.3 is 4.42 Å². The molecule has 0 saturated carbocycles. The summed E-state index contributed by atoms with van der Waals surface area (Å²) in [4.78, 5) is 0. The van der Waals surface area contributed by atoms with Crippen LogP contribution in [0.1, 0.15) is 16.8 Å². The van der Waals surface area contributed by atoms with E-state index < -0.39 is 0 Å². The number of aromatic nitrogens is 3. The second kappa shape index (κ2) is 4.67. The fourth-order valence-electron chi connectivity index (χ4n) is 2.03. The van der Waals surface area contributed by atoms with E-state index in [4.69, 9.17) is 9.68 Å². The van der Waals surface area contributed by atoms with Crippen molar-refractivity contribution in [2.24, 2.45) is 0 Å². The van der Waals surface area contributed by atoms with E-state index >= 15 is 0 Å². The molecule has 20 heavy (non-hydrogen) atoms. The number of rotatable bonds is 2. The molecule has 3 rings (SSSR count). The summed E-state index contributed by atoms with van der Waals surface area (Å²) in [5.74, 6) is 0.574. The molecule has 2 aromatic heterocycles. The summed E-state index contributed by atoms with van der Waals surface area (Å²) in [6.45, 7) is 4.09. The summed E-state index contributed by atoms with van der Waals surface area (Å²) in [7, 11) is 0. The standard InChI is InChI=1S/C15H12N4O/c1-10-5-6-12(8-11(10)2)19-15(13(9-16)17-18-19)14-4-3-7-20-14/h3-8H,1-2H3. The summed E-state index contributed by atoms with van der Waals surface area (Å²) in [5.41, 5.74) is 4.03. The number of hydrogen-bond donors (Lipinski definition) is 0. The van der Waals surface area contributed by atoms with Crippen molar-refractivity contribution in [3.05, 3.63) is 53.4 Å². The number of furan rings is 1. The minimum Gasteiger partial charge on any atom is -0.463 e. The molecule has 5 nitrogen and oxygen atoms in total. The second-order valence-corrected chi connectivity index (χ2v) is 4.56. The van der Waals surface area contributed by atoms with Crippen LogP contribution in [0.4, 0.5) is 0 Å². The Hall–Kier alpha value is -2.87. The Balaban J connectivity index is 2.22. The average molecular weight is 264 g/mol. The molecule has 0 aliphatic carbocycles. The zero-order valence-electron chi connectivity index (χ0n) is 11.2. The maximum absolute atomic E-state index is 9.17. The third-order valence-corrected chi connectivity index (χ3v) is 3.27. The topological polar surface area (TPSA) is 67.6 Å². The quantitative estimate of drug-likeness (QED) is 0.713. The van der Waals surface area contributed by atoms with E-state index in [2.05, 4.69) is 17.2 Å². The first-order chi connectivity index (χ1) is 9.70. The van der Waals surface area contributed by atoms with Crippen LogP contribution < -0.4 is 0 Å². The molecular weight excluding hydrogens is 252 g/mol. The van der Waals surface area contributed by atoms with Crippen LogP contribution in [0.25, 0.3) is 17.1 Å². The normalized spacial score (nSPS) is 10.4. The molecule has 3 aromatic rings. The summed E-state index contributed by atoms with van der Waals surface area (Å²) in [5, 5.41) is 17.1. The molecule has 5 heteroatoms. The smallest absolute Gasteiger partial charge is 0.194 e. The minimum atomic E-state index is 0.248.